The smallest absolute Gasteiger partial charge is 0.119 e. The highest BCUT2D eigenvalue weighted by molar-refractivity contribution is 5.20. The van der Waals surface area contributed by atoms with Gasteiger partial charge in [0.05, 0.1) is 6.61 Å². The highest BCUT2D eigenvalue weighted by Gasteiger charge is 1.86. The number of rotatable bonds is 3. The van der Waals surface area contributed by atoms with E-state index in [9.17, 15) is 0 Å². The van der Waals surface area contributed by atoms with E-state index in [0.29, 0.717) is 5.75 Å². The molecule has 2 nitrogen and oxygen atoms in total. The van der Waals surface area contributed by atoms with Crippen LogP contribution >= 0.6 is 0 Å². The van der Waals surface area contributed by atoms with Gasteiger partial charge in [0.25, 0.3) is 0 Å². The zero-order valence-electron chi connectivity index (χ0n) is 10.0. The molecule has 0 saturated carbocycles. The Morgan fingerprint density at radius 2 is 1.41 bits per heavy atom. The molecule has 0 spiro atoms. The van der Waals surface area contributed by atoms with Crippen LogP contribution in [0, 0.1) is 0 Å². The molecule has 0 heterocycles. The van der Waals surface area contributed by atoms with E-state index in [-0.39, 0.29) is 0 Å². The lowest BCUT2D eigenvalue weighted by Gasteiger charge is -2.01. The molecule has 0 unspecified atom stereocenters. The van der Waals surface area contributed by atoms with E-state index < -0.39 is 0 Å². The number of phenols is 1. The lowest BCUT2D eigenvalue weighted by molar-refractivity contribution is 0.317. The van der Waals surface area contributed by atoms with Gasteiger partial charge in [-0.1, -0.05) is 43.3 Å². The average molecular weight is 242 g/mol. The molecule has 0 aliphatic rings. The van der Waals surface area contributed by atoms with Crippen molar-refractivity contribution in [2.75, 3.05) is 6.61 Å². The van der Waals surface area contributed by atoms with Gasteiger partial charge < -0.3 is 9.84 Å². The summed E-state index contributed by atoms with van der Waals surface area (Å²) in [6.45, 7) is 2.91. The number of hydrogen-bond donors (Lipinski definition) is 1. The molecule has 0 bridgehead atoms. The maximum atomic E-state index is 8.63. The zero-order chi connectivity index (χ0) is 12.3. The molecule has 90 valence electrons. The van der Waals surface area contributed by atoms with E-state index >= 15 is 0 Å². The first-order valence-electron chi connectivity index (χ1n) is 5.74. The maximum absolute atomic E-state index is 8.63. The number of para-hydroxylation sites is 2. The number of aromatic hydroxyl groups is 1. The predicted molar refractivity (Wildman–Crippen MR) is 70.3 cm³/mol. The second-order valence-corrected chi connectivity index (χ2v) is 3.50. The Hall–Kier alpha value is -1.96. The van der Waals surface area contributed by atoms with Crippen molar-refractivity contribution in [1.82, 2.24) is 0 Å². The van der Waals surface area contributed by atoms with Crippen molar-refractivity contribution in [1.29, 1.82) is 0 Å². The summed E-state index contributed by atoms with van der Waals surface area (Å²) >= 11 is 0. The molecule has 0 radical (unpaired) electrons. The fraction of sp³-hybridized carbons (Fsp3) is 0.200. The van der Waals surface area contributed by atoms with E-state index in [4.69, 9.17) is 9.84 Å². The lowest BCUT2D eigenvalue weighted by atomic mass is 10.5. The molecule has 0 aromatic heterocycles. The average Bonchev–Trinajstić information content (AvgIpc) is 2.39. The first-order valence-corrected chi connectivity index (χ1v) is 5.74. The van der Waals surface area contributed by atoms with Crippen molar-refractivity contribution in [3.63, 3.8) is 0 Å². The molecule has 17 heavy (non-hydrogen) atoms. The van der Waals surface area contributed by atoms with E-state index in [0.717, 1.165) is 18.8 Å². The molecule has 0 atom stereocenters. The highest BCUT2D eigenvalue weighted by atomic mass is 16.5. The van der Waals surface area contributed by atoms with Crippen molar-refractivity contribution in [2.45, 2.75) is 13.3 Å². The number of ether oxygens (including phenoxy) is 1. The van der Waals surface area contributed by atoms with Gasteiger partial charge in [0, 0.05) is 0 Å². The molecule has 2 rings (SSSR count). The predicted octanol–water partition coefficient (Wildman–Crippen LogP) is 3.87. The normalized spacial score (nSPS) is 9.00. The molecule has 0 saturated heterocycles. The summed E-state index contributed by atoms with van der Waals surface area (Å²) in [5, 5.41) is 8.63. The number of phenolic OH excluding ortho intramolecular Hbond substituents is 1. The van der Waals surface area contributed by atoms with Crippen LogP contribution in [0.15, 0.2) is 60.7 Å². The summed E-state index contributed by atoms with van der Waals surface area (Å²) in [5.41, 5.74) is 0. The third-order valence-electron chi connectivity index (χ3n) is 1.97. The third kappa shape index (κ3) is 6.25. The fourth-order valence-corrected chi connectivity index (χ4v) is 1.16. The molecule has 0 aliphatic heterocycles. The lowest BCUT2D eigenvalue weighted by Crippen LogP contribution is -1.93. The Labute approximate surface area is 102 Å². The van der Waals surface area contributed by atoms with E-state index in [1.54, 1.807) is 24.3 Å². The Morgan fingerprint density at radius 3 is 1.82 bits per heavy atom. The third-order valence-corrected chi connectivity index (χ3v) is 1.97. The van der Waals surface area contributed by atoms with Gasteiger partial charge in [0.1, 0.15) is 11.5 Å². The number of hydrogen-bond acceptors (Lipinski definition) is 2. The molecular formula is C15H18O2. The topological polar surface area (TPSA) is 29.5 Å². The van der Waals surface area contributed by atoms with Crippen LogP contribution in [0.25, 0.3) is 0 Å². The Bertz CT molecular complexity index is 384. The van der Waals surface area contributed by atoms with E-state index in [2.05, 4.69) is 6.92 Å². The van der Waals surface area contributed by atoms with Crippen molar-refractivity contribution < 1.29 is 9.84 Å². The van der Waals surface area contributed by atoms with Crippen LogP contribution in [0.5, 0.6) is 11.5 Å². The van der Waals surface area contributed by atoms with Crippen molar-refractivity contribution in [3.8, 4) is 11.5 Å². The first-order chi connectivity index (χ1) is 8.33. The first kappa shape index (κ1) is 13.1. The molecule has 1 N–H and O–H groups in total. The summed E-state index contributed by atoms with van der Waals surface area (Å²) < 4.78 is 5.36. The second-order valence-electron chi connectivity index (χ2n) is 3.50. The summed E-state index contributed by atoms with van der Waals surface area (Å²) in [7, 11) is 0. The van der Waals surface area contributed by atoms with Gasteiger partial charge in [-0.25, -0.2) is 0 Å². The molecular weight excluding hydrogens is 224 g/mol. The van der Waals surface area contributed by atoms with E-state index in [1.807, 2.05) is 36.4 Å². The molecule has 0 amide bonds. The summed E-state index contributed by atoms with van der Waals surface area (Å²) in [5.74, 6) is 1.28. The fourth-order valence-electron chi connectivity index (χ4n) is 1.16. The largest absolute Gasteiger partial charge is 0.508 e. The quantitative estimate of drug-likeness (QED) is 0.885. The van der Waals surface area contributed by atoms with Gasteiger partial charge in [-0.2, -0.15) is 0 Å². The van der Waals surface area contributed by atoms with Gasteiger partial charge in [0.2, 0.25) is 0 Å². The SMILES string of the molecule is CCCO[13c]1[13cH][13cH][13cH][13cH][13cH]1.O[13c]1[13cH][13cH][13cH][13cH][13cH]1. The van der Waals surface area contributed by atoms with Crippen LogP contribution in [-0.2, 0) is 0 Å². The van der Waals surface area contributed by atoms with Crippen LogP contribution in [0.2, 0.25) is 0 Å². The van der Waals surface area contributed by atoms with Gasteiger partial charge in [-0.3, -0.25) is 0 Å². The molecule has 2 aromatic carbocycles. The highest BCUT2D eigenvalue weighted by Crippen LogP contribution is 2.07. The van der Waals surface area contributed by atoms with Crippen LogP contribution in [0.1, 0.15) is 13.3 Å². The second kappa shape index (κ2) is 8.22. The minimum Gasteiger partial charge on any atom is -0.508 e. The van der Waals surface area contributed by atoms with Crippen LogP contribution in [0.3, 0.4) is 0 Å². The van der Waals surface area contributed by atoms with Crippen LogP contribution in [-0.4, -0.2) is 11.7 Å². The summed E-state index contributed by atoms with van der Waals surface area (Å²) in [4.78, 5) is 0. The molecule has 0 aliphatic carbocycles. The Morgan fingerprint density at radius 1 is 0.882 bits per heavy atom. The van der Waals surface area contributed by atoms with Gasteiger partial charge in [-0.05, 0) is 30.7 Å². The Kier molecular flexibility index (Phi) is 6.34. The zero-order valence-corrected chi connectivity index (χ0v) is 10.0. The molecule has 2 heteroatoms. The van der Waals surface area contributed by atoms with Gasteiger partial charge in [-0.15, -0.1) is 0 Å². The molecule has 2 aromatic rings. The van der Waals surface area contributed by atoms with Crippen molar-refractivity contribution >= 4 is 0 Å². The Balaban J connectivity index is 0.000000181. The van der Waals surface area contributed by atoms with Crippen molar-refractivity contribution in [3.05, 3.63) is 60.7 Å². The van der Waals surface area contributed by atoms with E-state index in [1.165, 1.54) is 0 Å². The number of benzene rings is 2. The summed E-state index contributed by atoms with van der Waals surface area (Å²) in [6.07, 6.45) is 1.06. The maximum Gasteiger partial charge on any atom is 0.119 e. The summed E-state index contributed by atoms with van der Waals surface area (Å²) in [6, 6.07) is 18.6. The minimum absolute atomic E-state index is 0.322. The van der Waals surface area contributed by atoms with Crippen molar-refractivity contribution in [2.24, 2.45) is 0 Å². The monoisotopic (exact) mass is 242 g/mol. The van der Waals surface area contributed by atoms with Gasteiger partial charge >= 0.3 is 0 Å². The van der Waals surface area contributed by atoms with Crippen LogP contribution in [0.4, 0.5) is 0 Å². The molecule has 0 fully saturated rings. The standard InChI is InChI=1S/C9H12O.C6H6O/c1-2-8-10-9-6-4-3-5-7-9;7-6-4-2-1-3-5-6/h3-7H,2,8H2,1H3;1-5,7H/i3+1,4+1,5+1,6+1,7+1,9+1;1+1,2+1,3+1,4+1,5+1,6+1. The van der Waals surface area contributed by atoms with Crippen LogP contribution < -0.4 is 4.74 Å². The minimum atomic E-state index is 0.322. The van der Waals surface area contributed by atoms with Gasteiger partial charge in [0.15, 0.2) is 0 Å².